The van der Waals surface area contributed by atoms with Gasteiger partial charge < -0.3 is 9.67 Å². The molecule has 0 radical (unpaired) electrons. The molecular weight excluding hydrogens is 342 g/mol. The zero-order valence-electron chi connectivity index (χ0n) is 14.9. The molecule has 0 spiro atoms. The molecule has 4 rings (SSSR count). The topological polar surface area (TPSA) is 75.4 Å². The summed E-state index contributed by atoms with van der Waals surface area (Å²) in [5, 5.41) is 9.07. The molecular formula is C21H21N3O3. The predicted molar refractivity (Wildman–Crippen MR) is 102 cm³/mol. The number of aliphatic hydroxyl groups excluding tert-OH is 1. The number of hydrogen-bond donors (Lipinski definition) is 1. The molecule has 1 aliphatic rings. The molecule has 2 amide bonds. The Bertz CT molecular complexity index is 981. The third kappa shape index (κ3) is 3.13. The Labute approximate surface area is 157 Å². The number of para-hydroxylation sites is 3. The number of nitrogens with zero attached hydrogens (tertiary/aromatic N) is 3. The van der Waals surface area contributed by atoms with Gasteiger partial charge >= 0.3 is 0 Å². The summed E-state index contributed by atoms with van der Waals surface area (Å²) in [4.78, 5) is 31.8. The molecule has 3 aromatic rings. The van der Waals surface area contributed by atoms with E-state index in [2.05, 4.69) is 4.98 Å². The van der Waals surface area contributed by atoms with Crippen molar-refractivity contribution in [3.05, 3.63) is 60.4 Å². The Hall–Kier alpha value is -2.99. The first-order valence-electron chi connectivity index (χ1n) is 9.19. The normalized spacial score (nSPS) is 17.2. The number of imidazole rings is 1. The minimum atomic E-state index is -0.589. The summed E-state index contributed by atoms with van der Waals surface area (Å²) >= 11 is 0. The lowest BCUT2D eigenvalue weighted by atomic mass is 10.2. The van der Waals surface area contributed by atoms with Crippen LogP contribution in [0.25, 0.3) is 11.0 Å². The minimum absolute atomic E-state index is 0.126. The average Bonchev–Trinajstić information content (AvgIpc) is 3.19. The van der Waals surface area contributed by atoms with Gasteiger partial charge in [-0.15, -0.1) is 0 Å². The van der Waals surface area contributed by atoms with Gasteiger partial charge in [-0.05, 0) is 37.1 Å². The van der Waals surface area contributed by atoms with Crippen molar-refractivity contribution in [2.75, 3.05) is 11.5 Å². The van der Waals surface area contributed by atoms with Gasteiger partial charge in [0.2, 0.25) is 5.91 Å². The maximum absolute atomic E-state index is 13.2. The molecule has 2 aromatic carbocycles. The fourth-order valence-corrected chi connectivity index (χ4v) is 3.68. The maximum Gasteiger partial charge on any atom is 0.257 e. The quantitative estimate of drug-likeness (QED) is 0.540. The number of amides is 2. The number of rotatable bonds is 6. The third-order valence-corrected chi connectivity index (χ3v) is 4.93. The first kappa shape index (κ1) is 17.4. The van der Waals surface area contributed by atoms with E-state index >= 15 is 0 Å². The Morgan fingerprint density at radius 2 is 1.74 bits per heavy atom. The van der Waals surface area contributed by atoms with Crippen LogP contribution in [-0.4, -0.2) is 33.1 Å². The van der Waals surface area contributed by atoms with Gasteiger partial charge in [-0.2, -0.15) is 0 Å². The van der Waals surface area contributed by atoms with Crippen LogP contribution in [0.3, 0.4) is 0 Å². The van der Waals surface area contributed by atoms with Crippen molar-refractivity contribution in [3.63, 3.8) is 0 Å². The van der Waals surface area contributed by atoms with Crippen molar-refractivity contribution < 1.29 is 14.7 Å². The molecule has 138 valence electrons. The lowest BCUT2D eigenvalue weighted by Crippen LogP contribution is -2.31. The van der Waals surface area contributed by atoms with Crippen LogP contribution in [0.2, 0.25) is 0 Å². The molecule has 2 heterocycles. The van der Waals surface area contributed by atoms with Crippen LogP contribution in [0, 0.1) is 0 Å². The number of aliphatic hydroxyl groups is 1. The molecule has 0 saturated carbocycles. The molecule has 1 saturated heterocycles. The van der Waals surface area contributed by atoms with E-state index in [1.165, 1.54) is 4.90 Å². The largest absolute Gasteiger partial charge is 0.396 e. The first-order chi connectivity index (χ1) is 13.2. The van der Waals surface area contributed by atoms with Crippen molar-refractivity contribution in [1.29, 1.82) is 0 Å². The Morgan fingerprint density at radius 1 is 1.00 bits per heavy atom. The lowest BCUT2D eigenvalue weighted by Gasteiger charge is -2.17. The number of unbranched alkanes of at least 4 members (excludes halogenated alkanes) is 1. The van der Waals surface area contributed by atoms with Crippen molar-refractivity contribution in [2.45, 2.75) is 31.7 Å². The Morgan fingerprint density at radius 3 is 2.52 bits per heavy atom. The summed E-state index contributed by atoms with van der Waals surface area (Å²) in [6.07, 6.45) is 2.23. The number of aryl methyl sites for hydroxylation is 1. The number of hydrogen-bond acceptors (Lipinski definition) is 4. The maximum atomic E-state index is 13.2. The molecule has 1 fully saturated rings. The van der Waals surface area contributed by atoms with E-state index in [1.54, 1.807) is 12.1 Å². The first-order valence-corrected chi connectivity index (χ1v) is 9.19. The second-order valence-corrected chi connectivity index (χ2v) is 6.69. The van der Waals surface area contributed by atoms with Crippen molar-refractivity contribution >= 4 is 28.5 Å². The van der Waals surface area contributed by atoms with Crippen LogP contribution in [0.15, 0.2) is 54.6 Å². The second kappa shape index (κ2) is 7.32. The summed E-state index contributed by atoms with van der Waals surface area (Å²) in [6, 6.07) is 16.1. The van der Waals surface area contributed by atoms with E-state index in [0.29, 0.717) is 18.5 Å². The van der Waals surface area contributed by atoms with Crippen molar-refractivity contribution in [3.8, 4) is 0 Å². The molecule has 6 heteroatoms. The van der Waals surface area contributed by atoms with Gasteiger partial charge in [0.25, 0.3) is 5.91 Å². The van der Waals surface area contributed by atoms with Gasteiger partial charge in [0, 0.05) is 13.0 Å². The predicted octanol–water partition coefficient (Wildman–Crippen LogP) is 2.86. The van der Waals surface area contributed by atoms with E-state index in [9.17, 15) is 9.59 Å². The van der Waals surface area contributed by atoms with Gasteiger partial charge in [-0.3, -0.25) is 9.59 Å². The van der Waals surface area contributed by atoms with Crippen LogP contribution in [0.5, 0.6) is 0 Å². The Balaban J connectivity index is 1.74. The number of benzene rings is 2. The van der Waals surface area contributed by atoms with E-state index in [-0.39, 0.29) is 24.8 Å². The van der Waals surface area contributed by atoms with Gasteiger partial charge in [0.05, 0.1) is 23.1 Å². The van der Waals surface area contributed by atoms with Crippen molar-refractivity contribution in [1.82, 2.24) is 9.55 Å². The molecule has 6 nitrogen and oxygen atoms in total. The summed E-state index contributed by atoms with van der Waals surface area (Å²) in [6.45, 7) is 0.128. The van der Waals surface area contributed by atoms with E-state index in [0.717, 1.165) is 23.3 Å². The summed E-state index contributed by atoms with van der Waals surface area (Å²) < 4.78 is 1.91. The number of anilines is 1. The molecule has 27 heavy (non-hydrogen) atoms. The highest BCUT2D eigenvalue weighted by Crippen LogP contribution is 2.33. The molecule has 1 atom stereocenters. The van der Waals surface area contributed by atoms with Gasteiger partial charge in [0.1, 0.15) is 11.9 Å². The van der Waals surface area contributed by atoms with Gasteiger partial charge in [0.15, 0.2) is 0 Å². The van der Waals surface area contributed by atoms with E-state index in [4.69, 9.17) is 5.11 Å². The molecule has 0 aliphatic carbocycles. The lowest BCUT2D eigenvalue weighted by molar-refractivity contribution is -0.122. The minimum Gasteiger partial charge on any atom is -0.396 e. The number of fused-ring (bicyclic) bond motifs is 1. The highest BCUT2D eigenvalue weighted by atomic mass is 16.3. The second-order valence-electron chi connectivity index (χ2n) is 6.69. The summed E-state index contributed by atoms with van der Waals surface area (Å²) in [7, 11) is 0. The summed E-state index contributed by atoms with van der Waals surface area (Å²) in [5.74, 6) is 0.360. The highest BCUT2D eigenvalue weighted by Gasteiger charge is 2.41. The Kier molecular flexibility index (Phi) is 4.73. The molecule has 1 unspecified atom stereocenters. The fraction of sp³-hybridized carbons (Fsp3) is 0.286. The van der Waals surface area contributed by atoms with E-state index in [1.807, 2.05) is 47.0 Å². The molecule has 1 aromatic heterocycles. The van der Waals surface area contributed by atoms with E-state index < -0.39 is 6.04 Å². The van der Waals surface area contributed by atoms with Crippen LogP contribution in [0.1, 0.15) is 31.1 Å². The molecule has 0 bridgehead atoms. The van der Waals surface area contributed by atoms with Crippen molar-refractivity contribution in [2.24, 2.45) is 0 Å². The number of carbonyl (C=O) groups excluding carboxylic acids is 2. The van der Waals surface area contributed by atoms with Crippen LogP contribution >= 0.6 is 0 Å². The SMILES string of the molecule is O=C1CC(n2c(CCCCO)nc3ccccc32)C(=O)N1c1ccccc1. The molecule has 1 N–H and O–H groups in total. The zero-order valence-corrected chi connectivity index (χ0v) is 14.9. The third-order valence-electron chi connectivity index (χ3n) is 4.93. The fourth-order valence-electron chi connectivity index (χ4n) is 3.68. The molecule has 1 aliphatic heterocycles. The number of aromatic nitrogens is 2. The smallest absolute Gasteiger partial charge is 0.257 e. The van der Waals surface area contributed by atoms with Gasteiger partial charge in [-0.25, -0.2) is 9.88 Å². The monoisotopic (exact) mass is 363 g/mol. The number of imide groups is 1. The van der Waals surface area contributed by atoms with Gasteiger partial charge in [-0.1, -0.05) is 30.3 Å². The summed E-state index contributed by atoms with van der Waals surface area (Å²) in [5.41, 5.74) is 2.27. The average molecular weight is 363 g/mol. The van der Waals surface area contributed by atoms with Crippen LogP contribution in [0.4, 0.5) is 5.69 Å². The van der Waals surface area contributed by atoms with Crippen LogP contribution < -0.4 is 4.90 Å². The standard InChI is InChI=1S/C21H21N3O3/c25-13-7-6-12-19-22-16-10-4-5-11-17(16)24(19)18-14-20(26)23(21(18)27)15-8-2-1-3-9-15/h1-5,8-11,18,25H,6-7,12-14H2. The number of carbonyl (C=O) groups is 2. The van der Waals surface area contributed by atoms with Crippen LogP contribution in [-0.2, 0) is 16.0 Å². The zero-order chi connectivity index (χ0) is 18.8. The highest BCUT2D eigenvalue weighted by molar-refractivity contribution is 6.21.